The van der Waals surface area contributed by atoms with E-state index in [0.717, 1.165) is 5.56 Å². The van der Waals surface area contributed by atoms with Gasteiger partial charge in [-0.3, -0.25) is 0 Å². The van der Waals surface area contributed by atoms with Crippen molar-refractivity contribution in [3.63, 3.8) is 0 Å². The maximum atomic E-state index is 12.3. The Bertz CT molecular complexity index is 648. The fourth-order valence-corrected chi connectivity index (χ4v) is 2.36. The van der Waals surface area contributed by atoms with Gasteiger partial charge in [-0.1, -0.05) is 30.3 Å². The van der Waals surface area contributed by atoms with E-state index in [1.54, 1.807) is 48.5 Å². The van der Waals surface area contributed by atoms with Crippen LogP contribution in [-0.4, -0.2) is 48.6 Å². The average molecular weight is 410 g/mol. The van der Waals surface area contributed by atoms with Crippen LogP contribution >= 0.6 is 0 Å². The van der Waals surface area contributed by atoms with E-state index >= 15 is 0 Å². The second-order valence-corrected chi connectivity index (χ2v) is 9.25. The smallest absolute Gasteiger partial charge is 0.408 e. The fraction of sp³-hybridized carbons (Fsp3) is 0.636. The third-order valence-corrected chi connectivity index (χ3v) is 3.40. The number of esters is 1. The quantitative estimate of drug-likeness (QED) is 0.624. The summed E-state index contributed by atoms with van der Waals surface area (Å²) in [6, 6.07) is 9.71. The molecule has 1 amide bonds. The number of nitrogens with one attached hydrogen (secondary N) is 1. The summed E-state index contributed by atoms with van der Waals surface area (Å²) in [5, 5.41) is 2.79. The molecule has 0 saturated heterocycles. The van der Waals surface area contributed by atoms with Gasteiger partial charge in [0.1, 0.15) is 17.8 Å². The Morgan fingerprint density at radius 2 is 1.38 bits per heavy atom. The Kier molecular flexibility index (Phi) is 9.11. The SMILES string of the molecule is CC(C)(C)OC(=O)COC[C@@](C)(COCc1ccccc1)NC(=O)OC(C)(C)C. The van der Waals surface area contributed by atoms with Crippen molar-refractivity contribution in [3.8, 4) is 0 Å². The summed E-state index contributed by atoms with van der Waals surface area (Å²) in [5.74, 6) is -0.470. The average Bonchev–Trinajstić information content (AvgIpc) is 2.52. The van der Waals surface area contributed by atoms with Gasteiger partial charge in [0, 0.05) is 0 Å². The zero-order valence-electron chi connectivity index (χ0n) is 18.7. The monoisotopic (exact) mass is 409 g/mol. The highest BCUT2D eigenvalue weighted by molar-refractivity contribution is 5.71. The van der Waals surface area contributed by atoms with Gasteiger partial charge in [0.2, 0.25) is 0 Å². The lowest BCUT2D eigenvalue weighted by molar-refractivity contribution is -0.161. The first-order chi connectivity index (χ1) is 13.3. The third-order valence-electron chi connectivity index (χ3n) is 3.40. The number of benzene rings is 1. The number of ether oxygens (including phenoxy) is 4. The molecular weight excluding hydrogens is 374 g/mol. The molecule has 1 aromatic rings. The highest BCUT2D eigenvalue weighted by Crippen LogP contribution is 2.13. The number of rotatable bonds is 9. The van der Waals surface area contributed by atoms with Gasteiger partial charge in [-0.15, -0.1) is 0 Å². The zero-order valence-corrected chi connectivity index (χ0v) is 18.7. The van der Waals surface area contributed by atoms with E-state index in [4.69, 9.17) is 18.9 Å². The summed E-state index contributed by atoms with van der Waals surface area (Å²) in [5.41, 5.74) is -1.09. The lowest BCUT2D eigenvalue weighted by Gasteiger charge is -2.31. The van der Waals surface area contributed by atoms with Crippen molar-refractivity contribution in [2.24, 2.45) is 0 Å². The number of alkyl carbamates (subject to hydrolysis) is 1. The van der Waals surface area contributed by atoms with Crippen molar-refractivity contribution in [2.45, 2.75) is 71.8 Å². The number of carbonyl (C=O) groups is 2. The summed E-state index contributed by atoms with van der Waals surface area (Å²) in [6.07, 6.45) is -0.579. The minimum atomic E-state index is -0.890. The molecule has 1 N–H and O–H groups in total. The van der Waals surface area contributed by atoms with Crippen LogP contribution in [0, 0.1) is 0 Å². The van der Waals surface area contributed by atoms with Crippen LogP contribution in [-0.2, 0) is 30.3 Å². The largest absolute Gasteiger partial charge is 0.458 e. The molecule has 1 rings (SSSR count). The van der Waals surface area contributed by atoms with Crippen molar-refractivity contribution in [1.29, 1.82) is 0 Å². The molecule has 7 nitrogen and oxygen atoms in total. The zero-order chi connectivity index (χ0) is 22.1. The summed E-state index contributed by atoms with van der Waals surface area (Å²) in [6.45, 7) is 12.9. The van der Waals surface area contributed by atoms with E-state index in [1.165, 1.54) is 0 Å². The highest BCUT2D eigenvalue weighted by atomic mass is 16.6. The van der Waals surface area contributed by atoms with Crippen LogP contribution in [0.4, 0.5) is 4.79 Å². The van der Waals surface area contributed by atoms with Crippen LogP contribution < -0.4 is 5.32 Å². The standard InChI is InChI=1S/C22H35NO6/c1-20(2,3)28-18(24)14-27-16-22(7,23-19(25)29-21(4,5)6)15-26-13-17-11-9-8-10-12-17/h8-12H,13-16H2,1-7H3,(H,23,25)/t22-/m1/s1. The van der Waals surface area contributed by atoms with E-state index in [-0.39, 0.29) is 19.8 Å². The van der Waals surface area contributed by atoms with Crippen LogP contribution in [0.25, 0.3) is 0 Å². The van der Waals surface area contributed by atoms with Crippen molar-refractivity contribution >= 4 is 12.1 Å². The second kappa shape index (κ2) is 10.6. The predicted molar refractivity (Wildman–Crippen MR) is 111 cm³/mol. The van der Waals surface area contributed by atoms with Gasteiger partial charge < -0.3 is 24.3 Å². The molecule has 0 fully saturated rings. The summed E-state index contributed by atoms with van der Waals surface area (Å²) < 4.78 is 21.9. The lowest BCUT2D eigenvalue weighted by atomic mass is 10.1. The van der Waals surface area contributed by atoms with E-state index in [2.05, 4.69) is 5.32 Å². The Morgan fingerprint density at radius 3 is 1.93 bits per heavy atom. The number of hydrogen-bond acceptors (Lipinski definition) is 6. The van der Waals surface area contributed by atoms with Gasteiger partial charge >= 0.3 is 12.1 Å². The van der Waals surface area contributed by atoms with Crippen LogP contribution in [0.2, 0.25) is 0 Å². The summed E-state index contributed by atoms with van der Waals surface area (Å²) in [7, 11) is 0. The number of amides is 1. The lowest BCUT2D eigenvalue weighted by Crippen LogP contribution is -2.54. The van der Waals surface area contributed by atoms with E-state index in [9.17, 15) is 9.59 Å². The Labute approximate surface area is 174 Å². The molecule has 0 unspecified atom stereocenters. The molecule has 7 heteroatoms. The van der Waals surface area contributed by atoms with Crippen LogP contribution in [0.15, 0.2) is 30.3 Å². The molecule has 0 radical (unpaired) electrons. The Hall–Kier alpha value is -2.12. The first kappa shape index (κ1) is 24.9. The molecule has 0 aliphatic carbocycles. The first-order valence-electron chi connectivity index (χ1n) is 9.70. The van der Waals surface area contributed by atoms with Gasteiger partial charge in [0.05, 0.1) is 25.4 Å². The highest BCUT2D eigenvalue weighted by Gasteiger charge is 2.30. The van der Waals surface area contributed by atoms with Crippen molar-refractivity contribution in [1.82, 2.24) is 5.32 Å². The second-order valence-electron chi connectivity index (χ2n) is 9.25. The normalized spacial score (nSPS) is 14.0. The van der Waals surface area contributed by atoms with Crippen LogP contribution in [0.3, 0.4) is 0 Å². The van der Waals surface area contributed by atoms with Crippen molar-refractivity contribution in [3.05, 3.63) is 35.9 Å². The molecular formula is C22H35NO6. The third kappa shape index (κ3) is 12.1. The Morgan fingerprint density at radius 1 is 0.828 bits per heavy atom. The van der Waals surface area contributed by atoms with Crippen molar-refractivity contribution in [2.75, 3.05) is 19.8 Å². The van der Waals surface area contributed by atoms with E-state index in [1.807, 2.05) is 30.3 Å². The molecule has 0 saturated carbocycles. The van der Waals surface area contributed by atoms with Gasteiger partial charge in [-0.2, -0.15) is 0 Å². The molecule has 0 bridgehead atoms. The number of carbonyl (C=O) groups excluding carboxylic acids is 2. The molecule has 0 spiro atoms. The van der Waals surface area contributed by atoms with Gasteiger partial charge in [0.15, 0.2) is 0 Å². The van der Waals surface area contributed by atoms with Crippen LogP contribution in [0.5, 0.6) is 0 Å². The molecule has 1 aromatic carbocycles. The van der Waals surface area contributed by atoms with E-state index in [0.29, 0.717) is 6.61 Å². The minimum absolute atomic E-state index is 0.0558. The maximum Gasteiger partial charge on any atom is 0.408 e. The number of hydrogen-bond donors (Lipinski definition) is 1. The first-order valence-corrected chi connectivity index (χ1v) is 9.70. The molecule has 0 heterocycles. The Balaban J connectivity index is 2.65. The molecule has 1 atom stereocenters. The minimum Gasteiger partial charge on any atom is -0.458 e. The van der Waals surface area contributed by atoms with Gasteiger partial charge in [-0.25, -0.2) is 9.59 Å². The van der Waals surface area contributed by atoms with E-state index < -0.39 is 28.8 Å². The predicted octanol–water partition coefficient (Wildman–Crippen LogP) is 3.84. The molecule has 0 aromatic heterocycles. The molecule has 0 aliphatic rings. The molecule has 29 heavy (non-hydrogen) atoms. The fourth-order valence-electron chi connectivity index (χ4n) is 2.36. The topological polar surface area (TPSA) is 83.1 Å². The molecule has 164 valence electrons. The van der Waals surface area contributed by atoms with Gasteiger partial charge in [0.25, 0.3) is 0 Å². The van der Waals surface area contributed by atoms with Crippen LogP contribution in [0.1, 0.15) is 54.0 Å². The summed E-state index contributed by atoms with van der Waals surface area (Å²) >= 11 is 0. The maximum absolute atomic E-state index is 12.3. The molecule has 0 aliphatic heterocycles. The summed E-state index contributed by atoms with van der Waals surface area (Å²) in [4.78, 5) is 24.1. The van der Waals surface area contributed by atoms with Crippen molar-refractivity contribution < 1.29 is 28.5 Å². The van der Waals surface area contributed by atoms with Gasteiger partial charge in [-0.05, 0) is 54.0 Å².